The molecule has 1 saturated heterocycles. The first-order valence-electron chi connectivity index (χ1n) is 8.20. The number of aromatic nitrogens is 4. The second-order valence-electron chi connectivity index (χ2n) is 6.05. The molecule has 0 aromatic carbocycles. The van der Waals surface area contributed by atoms with Crippen LogP contribution in [0.4, 0.5) is 5.82 Å². The van der Waals surface area contributed by atoms with E-state index in [4.69, 9.17) is 4.74 Å². The van der Waals surface area contributed by atoms with Crippen LogP contribution >= 0.6 is 11.8 Å². The molecule has 2 aromatic heterocycles. The fourth-order valence-electron chi connectivity index (χ4n) is 2.80. The van der Waals surface area contributed by atoms with Crippen molar-refractivity contribution in [3.63, 3.8) is 0 Å². The molecule has 6 nitrogen and oxygen atoms in total. The highest BCUT2D eigenvalue weighted by molar-refractivity contribution is 7.98. The van der Waals surface area contributed by atoms with E-state index in [1.54, 1.807) is 0 Å². The predicted octanol–water partition coefficient (Wildman–Crippen LogP) is 2.90. The third kappa shape index (κ3) is 4.14. The Labute approximate surface area is 147 Å². The average molecular weight is 345 g/mol. The van der Waals surface area contributed by atoms with E-state index in [1.807, 2.05) is 38.6 Å². The van der Waals surface area contributed by atoms with Crippen molar-refractivity contribution in [2.24, 2.45) is 5.92 Å². The molecule has 24 heavy (non-hydrogen) atoms. The number of piperidine rings is 1. The lowest BCUT2D eigenvalue weighted by atomic mass is 9.98. The van der Waals surface area contributed by atoms with Crippen LogP contribution in [0.2, 0.25) is 0 Å². The lowest BCUT2D eigenvalue weighted by Gasteiger charge is -2.32. The summed E-state index contributed by atoms with van der Waals surface area (Å²) in [5.41, 5.74) is 0.988. The monoisotopic (exact) mass is 345 g/mol. The third-order valence-electron chi connectivity index (χ3n) is 4.24. The van der Waals surface area contributed by atoms with Gasteiger partial charge in [0.25, 0.3) is 0 Å². The largest absolute Gasteiger partial charge is 0.477 e. The second-order valence-corrected chi connectivity index (χ2v) is 6.82. The Morgan fingerprint density at radius 1 is 1.21 bits per heavy atom. The van der Waals surface area contributed by atoms with Crippen LogP contribution in [-0.2, 0) is 0 Å². The van der Waals surface area contributed by atoms with Gasteiger partial charge in [0.2, 0.25) is 5.88 Å². The Bertz CT molecular complexity index is 688. The van der Waals surface area contributed by atoms with Crippen LogP contribution in [0.1, 0.15) is 24.2 Å². The van der Waals surface area contributed by atoms with E-state index in [1.165, 1.54) is 11.8 Å². The lowest BCUT2D eigenvalue weighted by Crippen LogP contribution is -2.36. The fraction of sp³-hybridized carbons (Fsp3) is 0.529. The van der Waals surface area contributed by atoms with Crippen LogP contribution < -0.4 is 9.64 Å². The molecule has 0 aliphatic carbocycles. The summed E-state index contributed by atoms with van der Waals surface area (Å²) in [6, 6.07) is 1.98. The summed E-state index contributed by atoms with van der Waals surface area (Å²) in [5, 5.41) is 0.754. The number of nitrogens with zero attached hydrogens (tertiary/aromatic N) is 5. The van der Waals surface area contributed by atoms with Crippen molar-refractivity contribution in [1.29, 1.82) is 0 Å². The highest BCUT2D eigenvalue weighted by Gasteiger charge is 2.21. The number of aryl methyl sites for hydroxylation is 2. The Kier molecular flexibility index (Phi) is 5.50. The Morgan fingerprint density at radius 3 is 2.71 bits per heavy atom. The van der Waals surface area contributed by atoms with Gasteiger partial charge in [0.15, 0.2) is 5.16 Å². The molecule has 128 valence electrons. The van der Waals surface area contributed by atoms with Gasteiger partial charge in [0, 0.05) is 31.0 Å². The van der Waals surface area contributed by atoms with Gasteiger partial charge in [-0.15, -0.1) is 0 Å². The molecule has 0 amide bonds. The molecule has 0 bridgehead atoms. The van der Waals surface area contributed by atoms with Crippen LogP contribution in [0.3, 0.4) is 0 Å². The SMILES string of the molecule is CSc1ncc(C)c(OCC2CCN(c3ccnc(C)n3)CC2)n1. The van der Waals surface area contributed by atoms with E-state index in [-0.39, 0.29) is 0 Å². The smallest absolute Gasteiger partial charge is 0.220 e. The molecule has 1 aliphatic rings. The molecule has 0 spiro atoms. The maximum absolute atomic E-state index is 5.97. The van der Waals surface area contributed by atoms with E-state index >= 15 is 0 Å². The first kappa shape index (κ1) is 17.0. The van der Waals surface area contributed by atoms with Gasteiger partial charge < -0.3 is 9.64 Å². The fourth-order valence-corrected chi connectivity index (χ4v) is 3.13. The molecule has 0 saturated carbocycles. The van der Waals surface area contributed by atoms with Crippen molar-refractivity contribution < 1.29 is 4.74 Å². The van der Waals surface area contributed by atoms with Crippen LogP contribution in [0.5, 0.6) is 5.88 Å². The predicted molar refractivity (Wildman–Crippen MR) is 95.8 cm³/mol. The van der Waals surface area contributed by atoms with Gasteiger partial charge in [0.05, 0.1) is 6.61 Å². The summed E-state index contributed by atoms with van der Waals surface area (Å²) >= 11 is 1.53. The zero-order valence-corrected chi connectivity index (χ0v) is 15.2. The summed E-state index contributed by atoms with van der Waals surface area (Å²) in [7, 11) is 0. The van der Waals surface area contributed by atoms with Crippen LogP contribution in [-0.4, -0.2) is 45.9 Å². The molecule has 3 rings (SSSR count). The van der Waals surface area contributed by atoms with Crippen molar-refractivity contribution in [2.75, 3.05) is 30.9 Å². The Morgan fingerprint density at radius 2 is 2.00 bits per heavy atom. The molecular weight excluding hydrogens is 322 g/mol. The van der Waals surface area contributed by atoms with Gasteiger partial charge in [-0.05, 0) is 44.9 Å². The highest BCUT2D eigenvalue weighted by Crippen LogP contribution is 2.24. The number of rotatable bonds is 5. The van der Waals surface area contributed by atoms with Gasteiger partial charge in [-0.25, -0.2) is 15.0 Å². The molecule has 1 aliphatic heterocycles. The molecule has 0 radical (unpaired) electrons. The molecule has 1 fully saturated rings. The summed E-state index contributed by atoms with van der Waals surface area (Å²) in [5.74, 6) is 3.11. The van der Waals surface area contributed by atoms with E-state index < -0.39 is 0 Å². The van der Waals surface area contributed by atoms with E-state index in [0.717, 1.165) is 48.3 Å². The van der Waals surface area contributed by atoms with Crippen LogP contribution in [0.25, 0.3) is 0 Å². The van der Waals surface area contributed by atoms with E-state index in [2.05, 4.69) is 24.8 Å². The molecule has 0 atom stereocenters. The highest BCUT2D eigenvalue weighted by atomic mass is 32.2. The lowest BCUT2D eigenvalue weighted by molar-refractivity contribution is 0.213. The molecule has 2 aromatic rings. The van der Waals surface area contributed by atoms with E-state index in [9.17, 15) is 0 Å². The number of hydrogen-bond donors (Lipinski definition) is 0. The molecule has 0 unspecified atom stereocenters. The zero-order valence-electron chi connectivity index (χ0n) is 14.4. The van der Waals surface area contributed by atoms with Crippen LogP contribution in [0, 0.1) is 19.8 Å². The van der Waals surface area contributed by atoms with Gasteiger partial charge in [-0.3, -0.25) is 0 Å². The maximum atomic E-state index is 5.97. The minimum atomic E-state index is 0.552. The minimum Gasteiger partial charge on any atom is -0.477 e. The first-order valence-corrected chi connectivity index (χ1v) is 9.43. The van der Waals surface area contributed by atoms with Gasteiger partial charge in [0.1, 0.15) is 11.6 Å². The Hall–Kier alpha value is -1.89. The van der Waals surface area contributed by atoms with Gasteiger partial charge >= 0.3 is 0 Å². The van der Waals surface area contributed by atoms with Crippen molar-refractivity contribution in [3.8, 4) is 5.88 Å². The number of thioether (sulfide) groups is 1. The molecule has 7 heteroatoms. The number of ether oxygens (including phenoxy) is 1. The Balaban J connectivity index is 1.52. The summed E-state index contributed by atoms with van der Waals surface area (Å²) in [6.45, 7) is 6.63. The minimum absolute atomic E-state index is 0.552. The third-order valence-corrected chi connectivity index (χ3v) is 4.80. The topological polar surface area (TPSA) is 64.0 Å². The first-order chi connectivity index (χ1) is 11.7. The van der Waals surface area contributed by atoms with Crippen molar-refractivity contribution >= 4 is 17.6 Å². The molecular formula is C17H23N5OS. The quantitative estimate of drug-likeness (QED) is 0.610. The average Bonchev–Trinajstić information content (AvgIpc) is 2.61. The summed E-state index contributed by atoms with van der Waals surface area (Å²) in [6.07, 6.45) is 7.83. The van der Waals surface area contributed by atoms with E-state index in [0.29, 0.717) is 18.4 Å². The van der Waals surface area contributed by atoms with Gasteiger partial charge in [-0.1, -0.05) is 11.8 Å². The number of anilines is 1. The molecule has 3 heterocycles. The summed E-state index contributed by atoms with van der Waals surface area (Å²) < 4.78 is 5.97. The molecule has 0 N–H and O–H groups in total. The standard InChI is InChI=1S/C17H23N5OS/c1-12-10-19-17(24-3)21-16(12)23-11-14-5-8-22(9-6-14)15-4-7-18-13(2)20-15/h4,7,10,14H,5-6,8-9,11H2,1-3H3. The maximum Gasteiger partial charge on any atom is 0.220 e. The van der Waals surface area contributed by atoms with Crippen molar-refractivity contribution in [1.82, 2.24) is 19.9 Å². The van der Waals surface area contributed by atoms with Crippen molar-refractivity contribution in [3.05, 3.63) is 29.8 Å². The normalized spacial score (nSPS) is 15.5. The van der Waals surface area contributed by atoms with Gasteiger partial charge in [-0.2, -0.15) is 4.98 Å². The van der Waals surface area contributed by atoms with Crippen LogP contribution in [0.15, 0.2) is 23.6 Å². The number of hydrogen-bond acceptors (Lipinski definition) is 7. The zero-order chi connectivity index (χ0) is 16.9. The summed E-state index contributed by atoms with van der Waals surface area (Å²) in [4.78, 5) is 19.7. The van der Waals surface area contributed by atoms with Crippen molar-refractivity contribution in [2.45, 2.75) is 31.8 Å². The second kappa shape index (κ2) is 7.79.